The van der Waals surface area contributed by atoms with E-state index in [0.29, 0.717) is 19.3 Å². The van der Waals surface area contributed by atoms with Gasteiger partial charge in [-0.1, -0.05) is 30.4 Å². The van der Waals surface area contributed by atoms with Gasteiger partial charge in [0, 0.05) is 24.2 Å². The van der Waals surface area contributed by atoms with Crippen molar-refractivity contribution in [1.82, 2.24) is 14.5 Å². The first-order chi connectivity index (χ1) is 15.4. The average Bonchev–Trinajstić information content (AvgIpc) is 3.46. The maximum atomic E-state index is 13.4. The van der Waals surface area contributed by atoms with Crippen LogP contribution in [0.15, 0.2) is 72.7 Å². The minimum absolute atomic E-state index is 0.198. The molecule has 2 unspecified atom stereocenters. The number of rotatable bonds is 9. The normalized spacial score (nSPS) is 22.3. The molecule has 0 aliphatic heterocycles. The SMILES string of the molecule is Cc1cn(C2(CCc3ccc(F)cc3)C=CC=CC2(OCCc2nccs2)C(=O)O)cn1. The lowest BCUT2D eigenvalue weighted by molar-refractivity contribution is -0.171. The van der Waals surface area contributed by atoms with E-state index in [9.17, 15) is 14.3 Å². The Morgan fingerprint density at radius 1 is 1.19 bits per heavy atom. The summed E-state index contributed by atoms with van der Waals surface area (Å²) in [6, 6.07) is 6.26. The minimum Gasteiger partial charge on any atom is -0.479 e. The number of thiazole rings is 1. The first-order valence-electron chi connectivity index (χ1n) is 10.3. The number of hydrogen-bond acceptors (Lipinski definition) is 5. The van der Waals surface area contributed by atoms with Crippen molar-refractivity contribution in [3.8, 4) is 0 Å². The van der Waals surface area contributed by atoms with Gasteiger partial charge in [-0.3, -0.25) is 0 Å². The highest BCUT2D eigenvalue weighted by molar-refractivity contribution is 7.09. The van der Waals surface area contributed by atoms with Crippen LogP contribution in [0.4, 0.5) is 4.39 Å². The number of nitrogens with zero attached hydrogens (tertiary/aromatic N) is 3. The van der Waals surface area contributed by atoms with Gasteiger partial charge in [0.1, 0.15) is 11.4 Å². The number of aliphatic carboxylic acids is 1. The summed E-state index contributed by atoms with van der Waals surface area (Å²) in [5, 5.41) is 13.2. The van der Waals surface area contributed by atoms with Gasteiger partial charge >= 0.3 is 5.97 Å². The van der Waals surface area contributed by atoms with Gasteiger partial charge in [-0.25, -0.2) is 19.2 Å². The number of aryl methyl sites for hydroxylation is 2. The number of allylic oxidation sites excluding steroid dienone is 2. The van der Waals surface area contributed by atoms with E-state index in [-0.39, 0.29) is 12.4 Å². The lowest BCUT2D eigenvalue weighted by Gasteiger charge is -2.46. The van der Waals surface area contributed by atoms with E-state index in [1.54, 1.807) is 36.8 Å². The zero-order chi connectivity index (χ0) is 22.6. The lowest BCUT2D eigenvalue weighted by Crippen LogP contribution is -2.60. The zero-order valence-corrected chi connectivity index (χ0v) is 18.5. The smallest absolute Gasteiger partial charge is 0.342 e. The number of carboxylic acid groups (broad SMARTS) is 1. The molecule has 2 heterocycles. The quantitative estimate of drug-likeness (QED) is 0.522. The van der Waals surface area contributed by atoms with E-state index >= 15 is 0 Å². The molecular formula is C24H24FN3O3S. The molecule has 8 heteroatoms. The Labute approximate surface area is 189 Å². The molecule has 1 aliphatic carbocycles. The second-order valence-corrected chi connectivity index (χ2v) is 8.74. The molecule has 3 aromatic rings. The molecule has 0 fully saturated rings. The fraction of sp³-hybridized carbons (Fsp3) is 0.292. The largest absolute Gasteiger partial charge is 0.479 e. The van der Waals surface area contributed by atoms with Gasteiger partial charge in [0.2, 0.25) is 5.60 Å². The van der Waals surface area contributed by atoms with Gasteiger partial charge < -0.3 is 14.4 Å². The summed E-state index contributed by atoms with van der Waals surface area (Å²) < 4.78 is 21.4. The highest BCUT2D eigenvalue weighted by atomic mass is 32.1. The summed E-state index contributed by atoms with van der Waals surface area (Å²) in [7, 11) is 0. The average molecular weight is 454 g/mol. The maximum Gasteiger partial charge on any atom is 0.342 e. The zero-order valence-electron chi connectivity index (χ0n) is 17.6. The van der Waals surface area contributed by atoms with Gasteiger partial charge in [-0.2, -0.15) is 0 Å². The monoisotopic (exact) mass is 453 g/mol. The van der Waals surface area contributed by atoms with Gasteiger partial charge in [-0.05, 0) is 43.5 Å². The van der Waals surface area contributed by atoms with Crippen LogP contribution in [0.1, 0.15) is 22.7 Å². The van der Waals surface area contributed by atoms with Crippen molar-refractivity contribution in [2.24, 2.45) is 0 Å². The molecule has 166 valence electrons. The summed E-state index contributed by atoms with van der Waals surface area (Å²) >= 11 is 1.51. The Hall–Kier alpha value is -3.10. The standard InChI is InChI=1S/C24H24FN3O3S/c1-18-16-28(17-27-18)23(12-8-19-4-6-20(25)7-5-19)10-2-3-11-24(23,22(29)30)31-14-9-21-26-13-15-32-21/h2-7,10-11,13,15-17H,8-9,12,14H2,1H3,(H,29,30). The molecule has 0 bridgehead atoms. The van der Waals surface area contributed by atoms with Crippen LogP contribution in [0.25, 0.3) is 0 Å². The third-order valence-corrected chi connectivity index (χ3v) is 6.62. The minimum atomic E-state index is -1.65. The summed E-state index contributed by atoms with van der Waals surface area (Å²) in [4.78, 5) is 21.4. The molecule has 0 saturated heterocycles. The molecule has 2 aromatic heterocycles. The van der Waals surface area contributed by atoms with E-state index in [2.05, 4.69) is 9.97 Å². The predicted molar refractivity (Wildman–Crippen MR) is 120 cm³/mol. The molecule has 1 N–H and O–H groups in total. The van der Waals surface area contributed by atoms with Crippen LogP contribution in [0.3, 0.4) is 0 Å². The van der Waals surface area contributed by atoms with Crippen molar-refractivity contribution in [2.45, 2.75) is 37.3 Å². The highest BCUT2D eigenvalue weighted by Gasteiger charge is 2.57. The van der Waals surface area contributed by atoms with Crippen LogP contribution < -0.4 is 0 Å². The molecule has 0 radical (unpaired) electrons. The Kier molecular flexibility index (Phi) is 6.34. The van der Waals surface area contributed by atoms with Crippen LogP contribution in [0.5, 0.6) is 0 Å². The highest BCUT2D eigenvalue weighted by Crippen LogP contribution is 2.43. The van der Waals surface area contributed by atoms with Crippen molar-refractivity contribution in [3.63, 3.8) is 0 Å². The molecule has 0 saturated carbocycles. The maximum absolute atomic E-state index is 13.4. The number of imidazole rings is 1. The van der Waals surface area contributed by atoms with E-state index in [1.165, 1.54) is 23.5 Å². The number of ether oxygens (including phenoxy) is 1. The molecule has 0 amide bonds. The van der Waals surface area contributed by atoms with Gasteiger partial charge in [0.25, 0.3) is 0 Å². The van der Waals surface area contributed by atoms with Gasteiger partial charge in [0.15, 0.2) is 0 Å². The lowest BCUT2D eigenvalue weighted by atomic mass is 9.72. The van der Waals surface area contributed by atoms with Gasteiger partial charge in [-0.15, -0.1) is 11.3 Å². The Bertz CT molecular complexity index is 1120. The topological polar surface area (TPSA) is 77.2 Å². The molecule has 4 rings (SSSR count). The van der Waals surface area contributed by atoms with Gasteiger partial charge in [0.05, 0.1) is 23.6 Å². The summed E-state index contributed by atoms with van der Waals surface area (Å²) in [5.74, 6) is -1.39. The first kappa shape index (κ1) is 22.1. The number of halogens is 1. The van der Waals surface area contributed by atoms with E-state index < -0.39 is 17.1 Å². The molecule has 2 atom stereocenters. The molecule has 0 spiro atoms. The second kappa shape index (κ2) is 9.18. The number of carboxylic acids is 1. The van der Waals surface area contributed by atoms with Crippen LogP contribution >= 0.6 is 11.3 Å². The molecule has 1 aromatic carbocycles. The molecule has 6 nitrogen and oxygen atoms in total. The van der Waals surface area contributed by atoms with E-state index in [1.807, 2.05) is 35.2 Å². The Morgan fingerprint density at radius 2 is 1.97 bits per heavy atom. The number of hydrogen-bond donors (Lipinski definition) is 1. The van der Waals surface area contributed by atoms with Crippen molar-refractivity contribution in [3.05, 3.63) is 94.8 Å². The van der Waals surface area contributed by atoms with Crippen LogP contribution in [-0.2, 0) is 27.9 Å². The molecule has 32 heavy (non-hydrogen) atoms. The Morgan fingerprint density at radius 3 is 2.62 bits per heavy atom. The summed E-state index contributed by atoms with van der Waals surface area (Å²) in [6.07, 6.45) is 13.7. The third kappa shape index (κ3) is 4.16. The third-order valence-electron chi connectivity index (χ3n) is 5.78. The van der Waals surface area contributed by atoms with Crippen molar-refractivity contribution >= 4 is 17.3 Å². The fourth-order valence-corrected chi connectivity index (χ4v) is 4.74. The van der Waals surface area contributed by atoms with Crippen LogP contribution in [-0.4, -0.2) is 37.8 Å². The van der Waals surface area contributed by atoms with E-state index in [0.717, 1.165) is 16.3 Å². The summed E-state index contributed by atoms with van der Waals surface area (Å²) in [5.41, 5.74) is -1.03. The molecule has 1 aliphatic rings. The Balaban J connectivity index is 1.71. The second-order valence-electron chi connectivity index (χ2n) is 7.76. The predicted octanol–water partition coefficient (Wildman–Crippen LogP) is 4.32. The van der Waals surface area contributed by atoms with E-state index in [4.69, 9.17) is 4.74 Å². The number of benzene rings is 1. The number of aromatic nitrogens is 3. The van der Waals surface area contributed by atoms with Crippen molar-refractivity contribution in [2.75, 3.05) is 6.61 Å². The van der Waals surface area contributed by atoms with Crippen molar-refractivity contribution in [1.29, 1.82) is 0 Å². The fourth-order valence-electron chi connectivity index (χ4n) is 4.14. The number of carbonyl (C=O) groups is 1. The van der Waals surface area contributed by atoms with Crippen LogP contribution in [0.2, 0.25) is 0 Å². The summed E-state index contributed by atoms with van der Waals surface area (Å²) in [6.45, 7) is 2.06. The molecular weight excluding hydrogens is 429 g/mol. The van der Waals surface area contributed by atoms with Crippen molar-refractivity contribution < 1.29 is 19.0 Å². The first-order valence-corrected chi connectivity index (χ1v) is 11.2. The van der Waals surface area contributed by atoms with Crippen LogP contribution in [0, 0.1) is 12.7 Å².